The summed E-state index contributed by atoms with van der Waals surface area (Å²) in [7, 11) is 0. The fraction of sp³-hybridized carbons (Fsp3) is 0.429. The number of carboxylic acids is 1. The van der Waals surface area contributed by atoms with Crippen molar-refractivity contribution in [2.45, 2.75) is 13.3 Å². The van der Waals surface area contributed by atoms with E-state index >= 15 is 0 Å². The van der Waals surface area contributed by atoms with Crippen LogP contribution >= 0.6 is 11.8 Å². The molecule has 0 saturated heterocycles. The number of benzene rings is 1. The smallest absolute Gasteiger partial charge is 0.308 e. The molecule has 19 heavy (non-hydrogen) atoms. The maximum Gasteiger partial charge on any atom is 0.308 e. The van der Waals surface area contributed by atoms with Crippen LogP contribution in [0.25, 0.3) is 0 Å². The number of amides is 1. The van der Waals surface area contributed by atoms with E-state index in [1.807, 2.05) is 37.4 Å². The Morgan fingerprint density at radius 1 is 1.42 bits per heavy atom. The first-order valence-corrected chi connectivity index (χ1v) is 7.46. The van der Waals surface area contributed by atoms with Crippen molar-refractivity contribution in [1.29, 1.82) is 0 Å². The number of thioether (sulfide) groups is 1. The molecule has 0 aliphatic heterocycles. The lowest BCUT2D eigenvalue weighted by Gasteiger charge is -2.13. The Kier molecular flexibility index (Phi) is 6.42. The van der Waals surface area contributed by atoms with Crippen molar-refractivity contribution in [1.82, 2.24) is 5.32 Å². The number of aryl methyl sites for hydroxylation is 1. The summed E-state index contributed by atoms with van der Waals surface area (Å²) in [5.41, 5.74) is 2.08. The molecule has 4 nitrogen and oxygen atoms in total. The van der Waals surface area contributed by atoms with E-state index in [2.05, 4.69) is 5.32 Å². The van der Waals surface area contributed by atoms with Gasteiger partial charge in [-0.05, 0) is 25.2 Å². The molecule has 0 fully saturated rings. The van der Waals surface area contributed by atoms with E-state index < -0.39 is 11.9 Å². The summed E-state index contributed by atoms with van der Waals surface area (Å²) >= 11 is 1.42. The van der Waals surface area contributed by atoms with Crippen LogP contribution in [0.1, 0.15) is 11.1 Å². The number of aliphatic carboxylic acids is 1. The largest absolute Gasteiger partial charge is 0.481 e. The van der Waals surface area contributed by atoms with E-state index in [1.54, 1.807) is 0 Å². The van der Waals surface area contributed by atoms with Crippen molar-refractivity contribution in [3.63, 3.8) is 0 Å². The SMILES string of the molecule is CSCC(=O)NCC(Cc1cccc(C)c1)C(=O)O. The van der Waals surface area contributed by atoms with Gasteiger partial charge in [0, 0.05) is 6.54 Å². The van der Waals surface area contributed by atoms with E-state index in [0.717, 1.165) is 11.1 Å². The molecule has 104 valence electrons. The zero-order valence-electron chi connectivity index (χ0n) is 11.2. The van der Waals surface area contributed by atoms with Crippen LogP contribution in [0.2, 0.25) is 0 Å². The standard InChI is InChI=1S/C14H19NO3S/c1-10-4-3-5-11(6-10)7-12(14(17)18)8-15-13(16)9-19-2/h3-6,12H,7-9H2,1-2H3,(H,15,16)(H,17,18). The van der Waals surface area contributed by atoms with Gasteiger partial charge < -0.3 is 10.4 Å². The average molecular weight is 281 g/mol. The number of rotatable bonds is 7. The summed E-state index contributed by atoms with van der Waals surface area (Å²) in [6.45, 7) is 2.14. The lowest BCUT2D eigenvalue weighted by molar-refractivity contribution is -0.141. The molecule has 1 atom stereocenters. The molecule has 0 bridgehead atoms. The number of hydrogen-bond acceptors (Lipinski definition) is 3. The second-order valence-corrected chi connectivity index (χ2v) is 5.33. The maximum absolute atomic E-state index is 11.4. The van der Waals surface area contributed by atoms with Crippen LogP contribution in [0.4, 0.5) is 0 Å². The van der Waals surface area contributed by atoms with Gasteiger partial charge >= 0.3 is 5.97 Å². The van der Waals surface area contributed by atoms with Gasteiger partial charge in [-0.3, -0.25) is 9.59 Å². The predicted molar refractivity (Wildman–Crippen MR) is 77.4 cm³/mol. The van der Waals surface area contributed by atoms with Crippen LogP contribution in [0.15, 0.2) is 24.3 Å². The fourth-order valence-corrected chi connectivity index (χ4v) is 2.15. The highest BCUT2D eigenvalue weighted by molar-refractivity contribution is 7.99. The quantitative estimate of drug-likeness (QED) is 0.798. The fourth-order valence-electron chi connectivity index (χ4n) is 1.79. The Morgan fingerprint density at radius 3 is 2.74 bits per heavy atom. The van der Waals surface area contributed by atoms with Crippen LogP contribution in [-0.2, 0) is 16.0 Å². The zero-order valence-corrected chi connectivity index (χ0v) is 12.0. The monoisotopic (exact) mass is 281 g/mol. The summed E-state index contributed by atoms with van der Waals surface area (Å²) in [5.74, 6) is -1.24. The molecule has 1 amide bonds. The van der Waals surface area contributed by atoms with Crippen LogP contribution in [0.3, 0.4) is 0 Å². The van der Waals surface area contributed by atoms with Gasteiger partial charge in [-0.25, -0.2) is 0 Å². The minimum absolute atomic E-state index is 0.122. The first kappa shape index (κ1) is 15.6. The van der Waals surface area contributed by atoms with Crippen molar-refractivity contribution < 1.29 is 14.7 Å². The molecule has 0 spiro atoms. The van der Waals surface area contributed by atoms with Gasteiger partial charge in [-0.2, -0.15) is 11.8 Å². The Bertz CT molecular complexity index is 448. The molecule has 1 unspecified atom stereocenters. The average Bonchev–Trinajstić information content (AvgIpc) is 2.34. The van der Waals surface area contributed by atoms with Gasteiger partial charge in [0.2, 0.25) is 5.91 Å². The first-order chi connectivity index (χ1) is 9.02. The summed E-state index contributed by atoms with van der Waals surface area (Å²) in [6, 6.07) is 7.77. The molecule has 1 aromatic rings. The third-order valence-corrected chi connectivity index (χ3v) is 3.29. The van der Waals surface area contributed by atoms with Crippen LogP contribution in [-0.4, -0.2) is 35.5 Å². The number of hydrogen-bond donors (Lipinski definition) is 2. The normalized spacial score (nSPS) is 11.9. The molecule has 5 heteroatoms. The number of nitrogens with one attached hydrogen (secondary N) is 1. The molecule has 0 aliphatic rings. The third kappa shape index (κ3) is 5.79. The number of carbonyl (C=O) groups is 2. The molecular formula is C14H19NO3S. The Balaban J connectivity index is 2.58. The van der Waals surface area contributed by atoms with Gasteiger partial charge in [0.05, 0.1) is 11.7 Å². The molecule has 1 aromatic carbocycles. The molecular weight excluding hydrogens is 262 g/mol. The predicted octanol–water partition coefficient (Wildman–Crippen LogP) is 1.72. The molecule has 0 saturated carbocycles. The number of carboxylic acid groups (broad SMARTS) is 1. The van der Waals surface area contributed by atoms with Gasteiger partial charge in [-0.15, -0.1) is 0 Å². The summed E-state index contributed by atoms with van der Waals surface area (Å²) in [6.07, 6.45) is 2.26. The van der Waals surface area contributed by atoms with Crippen molar-refractivity contribution in [2.75, 3.05) is 18.6 Å². The highest BCUT2D eigenvalue weighted by Crippen LogP contribution is 2.11. The Morgan fingerprint density at radius 2 is 2.16 bits per heavy atom. The van der Waals surface area contributed by atoms with E-state index in [1.165, 1.54) is 11.8 Å². The lowest BCUT2D eigenvalue weighted by Crippen LogP contribution is -2.35. The minimum atomic E-state index is -0.883. The van der Waals surface area contributed by atoms with Crippen LogP contribution in [0.5, 0.6) is 0 Å². The highest BCUT2D eigenvalue weighted by atomic mass is 32.2. The summed E-state index contributed by atoms with van der Waals surface area (Å²) < 4.78 is 0. The van der Waals surface area contributed by atoms with E-state index in [9.17, 15) is 14.7 Å². The Labute approximate surface area is 117 Å². The topological polar surface area (TPSA) is 66.4 Å². The second-order valence-electron chi connectivity index (χ2n) is 4.47. The second kappa shape index (κ2) is 7.84. The lowest BCUT2D eigenvalue weighted by atomic mass is 9.98. The van der Waals surface area contributed by atoms with Gasteiger partial charge in [0.1, 0.15) is 0 Å². The van der Waals surface area contributed by atoms with Crippen molar-refractivity contribution in [3.8, 4) is 0 Å². The van der Waals surface area contributed by atoms with Crippen molar-refractivity contribution >= 4 is 23.6 Å². The molecule has 0 heterocycles. The first-order valence-electron chi connectivity index (χ1n) is 6.07. The highest BCUT2D eigenvalue weighted by Gasteiger charge is 2.18. The third-order valence-electron chi connectivity index (χ3n) is 2.73. The van der Waals surface area contributed by atoms with Gasteiger partial charge in [-0.1, -0.05) is 29.8 Å². The van der Waals surface area contributed by atoms with Crippen molar-refractivity contribution in [2.24, 2.45) is 5.92 Å². The summed E-state index contributed by atoms with van der Waals surface area (Å²) in [5, 5.41) is 11.8. The molecule has 0 radical (unpaired) electrons. The van der Waals surface area contributed by atoms with Crippen LogP contribution < -0.4 is 5.32 Å². The minimum Gasteiger partial charge on any atom is -0.481 e. The maximum atomic E-state index is 11.4. The van der Waals surface area contributed by atoms with Crippen LogP contribution in [0, 0.1) is 12.8 Å². The molecule has 0 aromatic heterocycles. The number of carbonyl (C=O) groups excluding carboxylic acids is 1. The zero-order chi connectivity index (χ0) is 14.3. The van der Waals surface area contributed by atoms with Gasteiger partial charge in [0.15, 0.2) is 0 Å². The van der Waals surface area contributed by atoms with E-state index in [0.29, 0.717) is 12.2 Å². The Hall–Kier alpha value is -1.49. The molecule has 0 aliphatic carbocycles. The van der Waals surface area contributed by atoms with E-state index in [-0.39, 0.29) is 12.5 Å². The summed E-state index contributed by atoms with van der Waals surface area (Å²) in [4.78, 5) is 22.6. The van der Waals surface area contributed by atoms with Gasteiger partial charge in [0.25, 0.3) is 0 Å². The molecule has 2 N–H and O–H groups in total. The van der Waals surface area contributed by atoms with E-state index in [4.69, 9.17) is 0 Å². The van der Waals surface area contributed by atoms with Crippen molar-refractivity contribution in [3.05, 3.63) is 35.4 Å². The molecule has 1 rings (SSSR count).